The highest BCUT2D eigenvalue weighted by Gasteiger charge is 2.50. The van der Waals surface area contributed by atoms with Crippen molar-refractivity contribution in [3.8, 4) is 0 Å². The number of rotatable bonds is 3. The van der Waals surface area contributed by atoms with Gasteiger partial charge in [-0.15, -0.1) is 0 Å². The van der Waals surface area contributed by atoms with Crippen molar-refractivity contribution in [3.63, 3.8) is 0 Å². The van der Waals surface area contributed by atoms with E-state index < -0.39 is 12.1 Å². The van der Waals surface area contributed by atoms with Gasteiger partial charge in [0.25, 0.3) is 5.91 Å². The molecule has 19 heavy (non-hydrogen) atoms. The summed E-state index contributed by atoms with van der Waals surface area (Å²) in [6.45, 7) is 1.30. The minimum atomic E-state index is -0.705. The van der Waals surface area contributed by atoms with Gasteiger partial charge in [-0.05, 0) is 31.1 Å². The second-order valence-corrected chi connectivity index (χ2v) is 5.72. The molecule has 0 aromatic rings. The number of carboxylic acid groups (broad SMARTS) is 1. The lowest BCUT2D eigenvalue weighted by molar-refractivity contribution is -0.149. The van der Waals surface area contributed by atoms with Crippen molar-refractivity contribution in [1.29, 1.82) is 0 Å². The van der Waals surface area contributed by atoms with Gasteiger partial charge in [-0.3, -0.25) is 9.59 Å². The van der Waals surface area contributed by atoms with Gasteiger partial charge in [-0.2, -0.15) is 0 Å². The van der Waals surface area contributed by atoms with Crippen molar-refractivity contribution in [3.05, 3.63) is 0 Å². The first-order valence-electron chi connectivity index (χ1n) is 6.87. The number of carboxylic acids is 1. The van der Waals surface area contributed by atoms with Crippen LogP contribution in [0.15, 0.2) is 0 Å². The Hall–Kier alpha value is -1.14. The van der Waals surface area contributed by atoms with Gasteiger partial charge in [0.1, 0.15) is 0 Å². The number of amides is 1. The van der Waals surface area contributed by atoms with Crippen LogP contribution in [0.4, 0.5) is 0 Å². The van der Waals surface area contributed by atoms with Gasteiger partial charge in [0.05, 0.1) is 25.7 Å². The molecule has 2 saturated carbocycles. The van der Waals surface area contributed by atoms with Crippen LogP contribution >= 0.6 is 0 Å². The first-order valence-corrected chi connectivity index (χ1v) is 6.87. The van der Waals surface area contributed by atoms with E-state index >= 15 is 0 Å². The van der Waals surface area contributed by atoms with Crippen LogP contribution < -0.4 is 5.32 Å². The van der Waals surface area contributed by atoms with E-state index in [1.807, 2.05) is 0 Å². The zero-order valence-corrected chi connectivity index (χ0v) is 10.7. The Morgan fingerprint density at radius 1 is 1.16 bits per heavy atom. The first kappa shape index (κ1) is 12.9. The third-order valence-electron chi connectivity index (χ3n) is 4.61. The largest absolute Gasteiger partial charge is 0.481 e. The molecule has 106 valence electrons. The molecule has 6 heteroatoms. The van der Waals surface area contributed by atoms with Gasteiger partial charge < -0.3 is 19.9 Å². The molecule has 3 fully saturated rings. The number of hydrogen-bond donors (Lipinski definition) is 2. The smallest absolute Gasteiger partial charge is 0.306 e. The van der Waals surface area contributed by atoms with Gasteiger partial charge in [0.2, 0.25) is 0 Å². The maximum atomic E-state index is 12.0. The average molecular weight is 269 g/mol. The first-order chi connectivity index (χ1) is 9.15. The van der Waals surface area contributed by atoms with Crippen molar-refractivity contribution >= 4 is 11.9 Å². The Balaban J connectivity index is 1.49. The SMILES string of the molecule is O=C(O)C1C[C@@H]2C[C@@H](NC(=O)C3COCCO3)[C@@H]2C1. The number of aliphatic carboxylic acids is 1. The summed E-state index contributed by atoms with van der Waals surface area (Å²) in [5.74, 6) is -0.263. The predicted octanol–water partition coefficient (Wildman–Crippen LogP) is 0.0173. The molecule has 5 atom stereocenters. The van der Waals surface area contributed by atoms with E-state index in [4.69, 9.17) is 14.6 Å². The lowest BCUT2D eigenvalue weighted by atomic mass is 9.71. The van der Waals surface area contributed by atoms with E-state index in [0.29, 0.717) is 38.1 Å². The number of carbonyl (C=O) groups excluding carboxylic acids is 1. The zero-order chi connectivity index (χ0) is 13.4. The summed E-state index contributed by atoms with van der Waals surface area (Å²) in [7, 11) is 0. The van der Waals surface area contributed by atoms with Crippen LogP contribution in [0.25, 0.3) is 0 Å². The Kier molecular flexibility index (Phi) is 3.45. The molecule has 3 aliphatic rings. The summed E-state index contributed by atoms with van der Waals surface area (Å²) in [6.07, 6.45) is 1.83. The monoisotopic (exact) mass is 269 g/mol. The minimum Gasteiger partial charge on any atom is -0.481 e. The highest BCUT2D eigenvalue weighted by atomic mass is 16.6. The van der Waals surface area contributed by atoms with Crippen molar-refractivity contribution in [1.82, 2.24) is 5.32 Å². The normalized spacial score (nSPS) is 41.2. The highest BCUT2D eigenvalue weighted by Crippen LogP contribution is 2.49. The molecule has 0 radical (unpaired) electrons. The highest BCUT2D eigenvalue weighted by molar-refractivity contribution is 5.81. The van der Waals surface area contributed by atoms with Crippen molar-refractivity contribution < 1.29 is 24.2 Å². The van der Waals surface area contributed by atoms with Crippen LogP contribution in [-0.2, 0) is 19.1 Å². The molecule has 0 bridgehead atoms. The average Bonchev–Trinajstić information content (AvgIpc) is 2.74. The molecule has 0 spiro atoms. The van der Waals surface area contributed by atoms with Crippen LogP contribution in [0.2, 0.25) is 0 Å². The number of ether oxygens (including phenoxy) is 2. The lowest BCUT2D eigenvalue weighted by Gasteiger charge is -2.41. The predicted molar refractivity (Wildman–Crippen MR) is 64.4 cm³/mol. The van der Waals surface area contributed by atoms with E-state index in [2.05, 4.69) is 5.32 Å². The molecule has 6 nitrogen and oxygen atoms in total. The number of hydrogen-bond acceptors (Lipinski definition) is 4. The molecule has 3 rings (SSSR count). The Morgan fingerprint density at radius 2 is 2.00 bits per heavy atom. The van der Waals surface area contributed by atoms with E-state index in [1.54, 1.807) is 0 Å². The van der Waals surface area contributed by atoms with Gasteiger partial charge >= 0.3 is 5.97 Å². The van der Waals surface area contributed by atoms with Crippen LogP contribution in [0, 0.1) is 17.8 Å². The number of fused-ring (bicyclic) bond motifs is 1. The summed E-state index contributed by atoms with van der Waals surface area (Å²) in [5, 5.41) is 12.0. The molecular weight excluding hydrogens is 250 g/mol. The topological polar surface area (TPSA) is 84.9 Å². The Bertz CT molecular complexity index is 379. The summed E-state index contributed by atoms with van der Waals surface area (Å²) in [6, 6.07) is 0.118. The molecule has 1 aliphatic heterocycles. The second-order valence-electron chi connectivity index (χ2n) is 5.72. The van der Waals surface area contributed by atoms with Gasteiger partial charge in [0, 0.05) is 6.04 Å². The molecule has 1 amide bonds. The molecule has 0 aromatic heterocycles. The van der Waals surface area contributed by atoms with Gasteiger partial charge in [-0.25, -0.2) is 0 Å². The third-order valence-corrected chi connectivity index (χ3v) is 4.61. The van der Waals surface area contributed by atoms with Gasteiger partial charge in [0.15, 0.2) is 6.10 Å². The summed E-state index contributed by atoms with van der Waals surface area (Å²) in [5.41, 5.74) is 0. The fraction of sp³-hybridized carbons (Fsp3) is 0.846. The molecule has 0 aromatic carbocycles. The minimum absolute atomic E-state index is 0.118. The molecule has 2 unspecified atom stereocenters. The molecule has 2 aliphatic carbocycles. The number of nitrogens with one attached hydrogen (secondary N) is 1. The fourth-order valence-corrected chi connectivity index (χ4v) is 3.51. The van der Waals surface area contributed by atoms with E-state index in [-0.39, 0.29) is 17.9 Å². The molecule has 1 heterocycles. The molecule has 1 saturated heterocycles. The lowest BCUT2D eigenvalue weighted by Crippen LogP contribution is -2.54. The Labute approximate surface area is 111 Å². The van der Waals surface area contributed by atoms with Crippen LogP contribution in [-0.4, -0.2) is 48.9 Å². The quantitative estimate of drug-likeness (QED) is 0.754. The zero-order valence-electron chi connectivity index (χ0n) is 10.7. The van der Waals surface area contributed by atoms with E-state index in [9.17, 15) is 9.59 Å². The van der Waals surface area contributed by atoms with Crippen LogP contribution in [0.1, 0.15) is 19.3 Å². The standard InChI is InChI=1S/C13H19NO5/c15-12(11-6-18-1-2-19-11)14-10-5-7-3-8(13(16)17)4-9(7)10/h7-11H,1-6H2,(H,14,15)(H,16,17)/t7-,8?,9-,10-,11?/m1/s1. The van der Waals surface area contributed by atoms with Crippen LogP contribution in [0.3, 0.4) is 0 Å². The molecule has 2 N–H and O–H groups in total. The van der Waals surface area contributed by atoms with E-state index in [1.165, 1.54) is 0 Å². The fourth-order valence-electron chi connectivity index (χ4n) is 3.51. The summed E-state index contributed by atoms with van der Waals surface area (Å²) in [4.78, 5) is 22.9. The maximum absolute atomic E-state index is 12.0. The third kappa shape index (κ3) is 2.47. The van der Waals surface area contributed by atoms with Crippen molar-refractivity contribution in [2.45, 2.75) is 31.4 Å². The summed E-state index contributed by atoms with van der Waals surface area (Å²) >= 11 is 0. The number of carbonyl (C=O) groups is 2. The van der Waals surface area contributed by atoms with Crippen LogP contribution in [0.5, 0.6) is 0 Å². The summed E-state index contributed by atoms with van der Waals surface area (Å²) < 4.78 is 10.6. The van der Waals surface area contributed by atoms with Gasteiger partial charge in [-0.1, -0.05) is 0 Å². The van der Waals surface area contributed by atoms with Crippen molar-refractivity contribution in [2.75, 3.05) is 19.8 Å². The van der Waals surface area contributed by atoms with Crippen molar-refractivity contribution in [2.24, 2.45) is 17.8 Å². The molecular formula is C13H19NO5. The second kappa shape index (κ2) is 5.09. The Morgan fingerprint density at radius 3 is 2.68 bits per heavy atom. The maximum Gasteiger partial charge on any atom is 0.306 e. The van der Waals surface area contributed by atoms with E-state index in [0.717, 1.165) is 12.8 Å².